The molecular formula is C12H11F3O4S. The fourth-order valence-corrected chi connectivity index (χ4v) is 2.11. The monoisotopic (exact) mass is 308 g/mol. The highest BCUT2D eigenvalue weighted by Crippen LogP contribution is 2.35. The molecule has 2 rings (SSSR count). The summed E-state index contributed by atoms with van der Waals surface area (Å²) in [7, 11) is -5.77. The first kappa shape index (κ1) is 14.8. The molecule has 110 valence electrons. The summed E-state index contributed by atoms with van der Waals surface area (Å²) in [5.41, 5.74) is -5.67. The third kappa shape index (κ3) is 3.30. The van der Waals surface area contributed by atoms with E-state index in [-0.39, 0.29) is 17.9 Å². The van der Waals surface area contributed by atoms with Crippen molar-refractivity contribution in [3.63, 3.8) is 0 Å². The third-order valence-electron chi connectivity index (χ3n) is 2.84. The Balaban J connectivity index is 2.26. The zero-order valence-electron chi connectivity index (χ0n) is 10.2. The molecule has 0 aliphatic heterocycles. The van der Waals surface area contributed by atoms with Gasteiger partial charge in [0, 0.05) is 6.42 Å². The standard InChI is InChI=1S/C12H11F3O4S/c13-12(14,15)20(17,18)19-11-4-2-1-3-9(11)10(16)7-8-5-6-8/h1-4,8H,5-7H2. The van der Waals surface area contributed by atoms with Crippen molar-refractivity contribution in [2.24, 2.45) is 5.92 Å². The number of ketones is 1. The SMILES string of the molecule is O=C(CC1CC1)c1ccccc1OS(=O)(=O)C(F)(F)F. The molecule has 1 aromatic rings. The summed E-state index contributed by atoms with van der Waals surface area (Å²) >= 11 is 0. The number of carbonyl (C=O) groups is 1. The summed E-state index contributed by atoms with van der Waals surface area (Å²) in [6, 6.07) is 5.03. The smallest absolute Gasteiger partial charge is 0.375 e. The molecule has 8 heteroatoms. The van der Waals surface area contributed by atoms with E-state index in [1.54, 1.807) is 0 Å². The van der Waals surface area contributed by atoms with Crippen molar-refractivity contribution < 1.29 is 30.6 Å². The average Bonchev–Trinajstić information content (AvgIpc) is 3.11. The number of hydrogen-bond acceptors (Lipinski definition) is 4. The van der Waals surface area contributed by atoms with Crippen LogP contribution in [0.2, 0.25) is 0 Å². The van der Waals surface area contributed by atoms with Crippen molar-refractivity contribution in [3.8, 4) is 5.75 Å². The van der Waals surface area contributed by atoms with Crippen LogP contribution in [0, 0.1) is 5.92 Å². The van der Waals surface area contributed by atoms with E-state index in [2.05, 4.69) is 4.18 Å². The highest BCUT2D eigenvalue weighted by atomic mass is 32.2. The Morgan fingerprint density at radius 1 is 1.25 bits per heavy atom. The van der Waals surface area contributed by atoms with E-state index >= 15 is 0 Å². The van der Waals surface area contributed by atoms with E-state index in [1.165, 1.54) is 18.2 Å². The van der Waals surface area contributed by atoms with Gasteiger partial charge in [-0.1, -0.05) is 12.1 Å². The van der Waals surface area contributed by atoms with Crippen LogP contribution < -0.4 is 4.18 Å². The predicted molar refractivity (Wildman–Crippen MR) is 63.7 cm³/mol. The second kappa shape index (κ2) is 5.08. The second-order valence-electron chi connectivity index (χ2n) is 4.55. The first-order chi connectivity index (χ1) is 9.21. The van der Waals surface area contributed by atoms with Crippen molar-refractivity contribution in [2.75, 3.05) is 0 Å². The van der Waals surface area contributed by atoms with E-state index in [9.17, 15) is 26.4 Å². The molecule has 0 atom stereocenters. The van der Waals surface area contributed by atoms with Gasteiger partial charge in [-0.2, -0.15) is 21.6 Å². The zero-order valence-corrected chi connectivity index (χ0v) is 11.0. The Labute approximate surface area is 113 Å². The van der Waals surface area contributed by atoms with Gasteiger partial charge < -0.3 is 4.18 Å². The molecule has 1 aliphatic carbocycles. The first-order valence-corrected chi connectivity index (χ1v) is 7.24. The lowest BCUT2D eigenvalue weighted by atomic mass is 10.1. The van der Waals surface area contributed by atoms with Gasteiger partial charge in [-0.05, 0) is 30.9 Å². The molecule has 0 heterocycles. The summed E-state index contributed by atoms with van der Waals surface area (Å²) in [6.07, 6.45) is 1.98. The van der Waals surface area contributed by atoms with Crippen LogP contribution in [0.15, 0.2) is 24.3 Å². The fourth-order valence-electron chi connectivity index (χ4n) is 1.63. The summed E-state index contributed by atoms with van der Waals surface area (Å²) < 4.78 is 62.8. The molecule has 0 amide bonds. The summed E-state index contributed by atoms with van der Waals surface area (Å²) in [6.45, 7) is 0. The normalized spacial score (nSPS) is 15.9. The topological polar surface area (TPSA) is 60.4 Å². The molecule has 0 unspecified atom stereocenters. The molecule has 1 aliphatic rings. The van der Waals surface area contributed by atoms with Crippen LogP contribution in [0.5, 0.6) is 5.75 Å². The molecule has 0 aromatic heterocycles. The van der Waals surface area contributed by atoms with Crippen molar-refractivity contribution >= 4 is 15.9 Å². The molecule has 1 fully saturated rings. The number of benzene rings is 1. The summed E-state index contributed by atoms with van der Waals surface area (Å²) in [4.78, 5) is 11.9. The molecule has 0 saturated heterocycles. The van der Waals surface area contributed by atoms with E-state index < -0.39 is 27.2 Å². The minimum Gasteiger partial charge on any atom is -0.375 e. The number of hydrogen-bond donors (Lipinski definition) is 0. The largest absolute Gasteiger partial charge is 0.534 e. The van der Waals surface area contributed by atoms with E-state index in [1.807, 2.05) is 0 Å². The van der Waals surface area contributed by atoms with Crippen LogP contribution in [-0.4, -0.2) is 19.7 Å². The van der Waals surface area contributed by atoms with Crippen molar-refractivity contribution in [2.45, 2.75) is 24.8 Å². The van der Waals surface area contributed by atoms with Crippen LogP contribution in [0.1, 0.15) is 29.6 Å². The molecule has 4 nitrogen and oxygen atoms in total. The van der Waals surface area contributed by atoms with Gasteiger partial charge in [0.05, 0.1) is 5.56 Å². The number of Topliss-reactive ketones (excluding diaryl/α,β-unsaturated/α-hetero) is 1. The Morgan fingerprint density at radius 3 is 2.40 bits per heavy atom. The van der Waals surface area contributed by atoms with Crippen LogP contribution >= 0.6 is 0 Å². The van der Waals surface area contributed by atoms with Crippen LogP contribution in [-0.2, 0) is 10.1 Å². The maximum absolute atomic E-state index is 12.3. The zero-order chi connectivity index (χ0) is 15.0. The van der Waals surface area contributed by atoms with Gasteiger partial charge in [-0.25, -0.2) is 0 Å². The number of rotatable bonds is 5. The van der Waals surface area contributed by atoms with Crippen molar-refractivity contribution in [1.82, 2.24) is 0 Å². The molecule has 0 radical (unpaired) electrons. The van der Waals surface area contributed by atoms with Gasteiger partial charge in [-0.15, -0.1) is 0 Å². The Kier molecular flexibility index (Phi) is 3.77. The lowest BCUT2D eigenvalue weighted by molar-refractivity contribution is -0.0500. The molecular weight excluding hydrogens is 297 g/mol. The molecule has 0 spiro atoms. The molecule has 1 aromatic carbocycles. The average molecular weight is 308 g/mol. The van der Waals surface area contributed by atoms with E-state index in [0.29, 0.717) is 0 Å². The number of alkyl halides is 3. The lowest BCUT2D eigenvalue weighted by Gasteiger charge is -2.12. The van der Waals surface area contributed by atoms with E-state index in [4.69, 9.17) is 0 Å². The maximum atomic E-state index is 12.3. The fraction of sp³-hybridized carbons (Fsp3) is 0.417. The van der Waals surface area contributed by atoms with Gasteiger partial charge in [-0.3, -0.25) is 4.79 Å². The highest BCUT2D eigenvalue weighted by Gasteiger charge is 2.49. The van der Waals surface area contributed by atoms with Crippen LogP contribution in [0.3, 0.4) is 0 Å². The minimum absolute atomic E-state index is 0.146. The third-order valence-corrected chi connectivity index (χ3v) is 3.81. The van der Waals surface area contributed by atoms with Crippen molar-refractivity contribution in [3.05, 3.63) is 29.8 Å². The van der Waals surface area contributed by atoms with Gasteiger partial charge in [0.25, 0.3) is 0 Å². The first-order valence-electron chi connectivity index (χ1n) is 5.83. The molecule has 0 bridgehead atoms. The van der Waals surface area contributed by atoms with E-state index in [0.717, 1.165) is 18.9 Å². The van der Waals surface area contributed by atoms with Gasteiger partial charge in [0.1, 0.15) is 0 Å². The second-order valence-corrected chi connectivity index (χ2v) is 6.09. The van der Waals surface area contributed by atoms with Crippen LogP contribution in [0.25, 0.3) is 0 Å². The van der Waals surface area contributed by atoms with Gasteiger partial charge in [0.2, 0.25) is 0 Å². The minimum atomic E-state index is -5.77. The quantitative estimate of drug-likeness (QED) is 0.477. The van der Waals surface area contributed by atoms with Crippen molar-refractivity contribution in [1.29, 1.82) is 0 Å². The molecule has 0 N–H and O–H groups in total. The summed E-state index contributed by atoms with van der Waals surface area (Å²) in [5, 5.41) is 0. The molecule has 1 saturated carbocycles. The lowest BCUT2D eigenvalue weighted by Crippen LogP contribution is -2.28. The van der Waals surface area contributed by atoms with Gasteiger partial charge >= 0.3 is 15.6 Å². The summed E-state index contributed by atoms with van der Waals surface area (Å²) in [5.74, 6) is -0.772. The van der Waals surface area contributed by atoms with Crippen LogP contribution in [0.4, 0.5) is 13.2 Å². The predicted octanol–water partition coefficient (Wildman–Crippen LogP) is 2.90. The van der Waals surface area contributed by atoms with Gasteiger partial charge in [0.15, 0.2) is 11.5 Å². The molecule has 20 heavy (non-hydrogen) atoms. The Hall–Kier alpha value is -1.57. The Bertz CT molecular complexity index is 618. The number of para-hydroxylation sites is 1. The highest BCUT2D eigenvalue weighted by molar-refractivity contribution is 7.88. The number of carbonyl (C=O) groups excluding carboxylic acids is 1. The Morgan fingerprint density at radius 2 is 1.85 bits per heavy atom. The maximum Gasteiger partial charge on any atom is 0.534 e. The number of halogens is 3.